The third-order valence-corrected chi connectivity index (χ3v) is 5.60. The van der Waals surface area contributed by atoms with Crippen molar-refractivity contribution in [3.63, 3.8) is 0 Å². The van der Waals surface area contributed by atoms with Gasteiger partial charge in [-0.2, -0.15) is 0 Å². The minimum absolute atomic E-state index is 0.0616. The standard InChI is InChI=1S/C25H26N2O3/c1-17-23(19-11-7-4-8-12-19)26-22-14-13-20(29-2)15-21(22)24(17)27-25(28)30-16-18-9-5-3-6-10-18/h3-15,17,23-24,26H,16H2,1-2H3,(H,27,28)/t17-,23+,24+/m1/s1. The number of hydrogen-bond acceptors (Lipinski definition) is 4. The molecule has 0 aromatic heterocycles. The molecule has 3 aromatic rings. The van der Waals surface area contributed by atoms with Crippen molar-refractivity contribution in [1.29, 1.82) is 0 Å². The molecule has 1 heterocycles. The highest BCUT2D eigenvalue weighted by Gasteiger charge is 2.36. The quantitative estimate of drug-likeness (QED) is 0.594. The zero-order valence-corrected chi connectivity index (χ0v) is 17.2. The Morgan fingerprint density at radius 2 is 1.70 bits per heavy atom. The van der Waals surface area contributed by atoms with Gasteiger partial charge in [-0.1, -0.05) is 67.6 Å². The van der Waals surface area contributed by atoms with Crippen molar-refractivity contribution in [3.05, 3.63) is 95.6 Å². The lowest BCUT2D eigenvalue weighted by Crippen LogP contribution is -2.40. The van der Waals surface area contributed by atoms with Gasteiger partial charge in [-0.15, -0.1) is 0 Å². The van der Waals surface area contributed by atoms with Crippen molar-refractivity contribution in [3.8, 4) is 5.75 Å². The summed E-state index contributed by atoms with van der Waals surface area (Å²) in [6.07, 6.45) is -0.432. The van der Waals surface area contributed by atoms with E-state index in [4.69, 9.17) is 9.47 Å². The van der Waals surface area contributed by atoms with Crippen LogP contribution in [-0.4, -0.2) is 13.2 Å². The van der Waals surface area contributed by atoms with Crippen LogP contribution in [0.1, 0.15) is 35.7 Å². The molecule has 0 saturated carbocycles. The molecule has 154 valence electrons. The molecule has 1 amide bonds. The number of nitrogens with one attached hydrogen (secondary N) is 2. The number of benzene rings is 3. The highest BCUT2D eigenvalue weighted by Crippen LogP contribution is 2.44. The molecule has 0 bridgehead atoms. The molecule has 3 aromatic carbocycles. The summed E-state index contributed by atoms with van der Waals surface area (Å²) >= 11 is 0. The van der Waals surface area contributed by atoms with Gasteiger partial charge in [-0.3, -0.25) is 0 Å². The number of carbonyl (C=O) groups excluding carboxylic acids is 1. The number of amides is 1. The Morgan fingerprint density at radius 1 is 1.00 bits per heavy atom. The van der Waals surface area contributed by atoms with E-state index in [2.05, 4.69) is 29.7 Å². The number of ether oxygens (including phenoxy) is 2. The SMILES string of the molecule is COc1ccc2c(c1)[C@@H](NC(=O)OCc1ccccc1)[C@H](C)[C@@H](c1ccccc1)N2. The fourth-order valence-electron chi connectivity index (χ4n) is 3.98. The van der Waals surface area contributed by atoms with Crippen LogP contribution in [-0.2, 0) is 11.3 Å². The van der Waals surface area contributed by atoms with Crippen LogP contribution in [0.4, 0.5) is 10.5 Å². The van der Waals surface area contributed by atoms with Crippen LogP contribution in [0.15, 0.2) is 78.9 Å². The lowest BCUT2D eigenvalue weighted by Gasteiger charge is -2.39. The van der Waals surface area contributed by atoms with Gasteiger partial charge in [-0.25, -0.2) is 4.79 Å². The minimum Gasteiger partial charge on any atom is -0.497 e. The smallest absolute Gasteiger partial charge is 0.407 e. The molecule has 0 radical (unpaired) electrons. The first-order valence-electron chi connectivity index (χ1n) is 10.1. The van der Waals surface area contributed by atoms with E-state index in [-0.39, 0.29) is 24.6 Å². The molecule has 4 rings (SSSR count). The molecule has 0 saturated heterocycles. The molecule has 5 nitrogen and oxygen atoms in total. The van der Waals surface area contributed by atoms with Crippen LogP contribution < -0.4 is 15.4 Å². The maximum Gasteiger partial charge on any atom is 0.407 e. The summed E-state index contributed by atoms with van der Waals surface area (Å²) in [6.45, 7) is 2.37. The highest BCUT2D eigenvalue weighted by atomic mass is 16.5. The average Bonchev–Trinajstić information content (AvgIpc) is 2.80. The summed E-state index contributed by atoms with van der Waals surface area (Å²) in [7, 11) is 1.64. The first kappa shape index (κ1) is 19.8. The lowest BCUT2D eigenvalue weighted by atomic mass is 9.81. The number of alkyl carbamates (subject to hydrolysis) is 1. The van der Waals surface area contributed by atoms with E-state index in [0.29, 0.717) is 0 Å². The maximum absolute atomic E-state index is 12.7. The Kier molecular flexibility index (Phi) is 5.89. The second-order valence-corrected chi connectivity index (χ2v) is 7.53. The Balaban J connectivity index is 1.58. The first-order chi connectivity index (χ1) is 14.7. The van der Waals surface area contributed by atoms with Crippen LogP contribution in [0.25, 0.3) is 0 Å². The molecular weight excluding hydrogens is 376 g/mol. The molecule has 1 aliphatic heterocycles. The molecular formula is C25H26N2O3. The maximum atomic E-state index is 12.7. The van der Waals surface area contributed by atoms with Crippen LogP contribution in [0.2, 0.25) is 0 Å². The van der Waals surface area contributed by atoms with Gasteiger partial charge in [0.1, 0.15) is 12.4 Å². The second kappa shape index (κ2) is 8.91. The number of methoxy groups -OCH3 is 1. The predicted molar refractivity (Wildman–Crippen MR) is 117 cm³/mol. The van der Waals surface area contributed by atoms with Gasteiger partial charge in [0, 0.05) is 17.2 Å². The van der Waals surface area contributed by atoms with Crippen molar-refractivity contribution in [2.45, 2.75) is 25.6 Å². The van der Waals surface area contributed by atoms with Gasteiger partial charge in [0.25, 0.3) is 0 Å². The highest BCUT2D eigenvalue weighted by molar-refractivity contribution is 5.70. The third kappa shape index (κ3) is 4.25. The van der Waals surface area contributed by atoms with E-state index in [1.165, 1.54) is 5.56 Å². The molecule has 0 spiro atoms. The van der Waals surface area contributed by atoms with Gasteiger partial charge < -0.3 is 20.1 Å². The van der Waals surface area contributed by atoms with Crippen molar-refractivity contribution in [2.24, 2.45) is 5.92 Å². The number of fused-ring (bicyclic) bond motifs is 1. The van der Waals surface area contributed by atoms with E-state index in [9.17, 15) is 4.79 Å². The van der Waals surface area contributed by atoms with Crippen LogP contribution in [0, 0.1) is 5.92 Å². The zero-order valence-electron chi connectivity index (χ0n) is 17.2. The van der Waals surface area contributed by atoms with Crippen LogP contribution in [0.5, 0.6) is 5.75 Å². The van der Waals surface area contributed by atoms with E-state index in [1.807, 2.05) is 66.7 Å². The number of hydrogen-bond donors (Lipinski definition) is 2. The third-order valence-electron chi connectivity index (χ3n) is 5.60. The Hall–Kier alpha value is -3.47. The summed E-state index contributed by atoms with van der Waals surface area (Å²) in [5.74, 6) is 0.849. The average molecular weight is 402 g/mol. The first-order valence-corrected chi connectivity index (χ1v) is 10.1. The van der Waals surface area contributed by atoms with Gasteiger partial charge in [-0.05, 0) is 29.3 Å². The molecule has 1 aliphatic rings. The minimum atomic E-state index is -0.432. The number of anilines is 1. The fraction of sp³-hybridized carbons (Fsp3) is 0.240. The van der Waals surface area contributed by atoms with Gasteiger partial charge >= 0.3 is 6.09 Å². The monoisotopic (exact) mass is 402 g/mol. The summed E-state index contributed by atoms with van der Waals surface area (Å²) < 4.78 is 10.9. The van der Waals surface area contributed by atoms with Crippen molar-refractivity contribution < 1.29 is 14.3 Å². The van der Waals surface area contributed by atoms with E-state index >= 15 is 0 Å². The normalized spacial score (nSPS) is 19.9. The van der Waals surface area contributed by atoms with Crippen molar-refractivity contribution in [2.75, 3.05) is 12.4 Å². The largest absolute Gasteiger partial charge is 0.497 e. The number of rotatable bonds is 5. The van der Waals surface area contributed by atoms with Crippen molar-refractivity contribution in [1.82, 2.24) is 5.32 Å². The van der Waals surface area contributed by atoms with Gasteiger partial charge in [0.05, 0.1) is 19.2 Å². The second-order valence-electron chi connectivity index (χ2n) is 7.53. The van der Waals surface area contributed by atoms with E-state index in [0.717, 1.165) is 22.6 Å². The van der Waals surface area contributed by atoms with Gasteiger partial charge in [0.2, 0.25) is 0 Å². The summed E-state index contributed by atoms with van der Waals surface area (Å²) in [4.78, 5) is 12.7. The van der Waals surface area contributed by atoms with Crippen LogP contribution in [0.3, 0.4) is 0 Å². The Bertz CT molecular complexity index is 992. The molecule has 2 N–H and O–H groups in total. The van der Waals surface area contributed by atoms with Crippen LogP contribution >= 0.6 is 0 Å². The van der Waals surface area contributed by atoms with E-state index in [1.54, 1.807) is 7.11 Å². The molecule has 30 heavy (non-hydrogen) atoms. The Labute approximate surface area is 177 Å². The molecule has 5 heteroatoms. The summed E-state index contributed by atoms with van der Waals surface area (Å²) in [5.41, 5.74) is 4.10. The zero-order chi connectivity index (χ0) is 20.9. The molecule has 0 unspecified atom stereocenters. The van der Waals surface area contributed by atoms with E-state index < -0.39 is 6.09 Å². The van der Waals surface area contributed by atoms with Gasteiger partial charge in [0.15, 0.2) is 0 Å². The molecule has 0 fully saturated rings. The molecule has 3 atom stereocenters. The Morgan fingerprint density at radius 3 is 2.40 bits per heavy atom. The topological polar surface area (TPSA) is 59.6 Å². The predicted octanol–water partition coefficient (Wildman–Crippen LogP) is 5.47. The van der Waals surface area contributed by atoms with Crippen molar-refractivity contribution >= 4 is 11.8 Å². The summed E-state index contributed by atoms with van der Waals surface area (Å²) in [5, 5.41) is 6.72. The molecule has 0 aliphatic carbocycles. The lowest BCUT2D eigenvalue weighted by molar-refractivity contribution is 0.130. The summed E-state index contributed by atoms with van der Waals surface area (Å²) in [6, 6.07) is 25.7. The number of carbonyl (C=O) groups is 1. The fourth-order valence-corrected chi connectivity index (χ4v) is 3.98.